The van der Waals surface area contributed by atoms with Gasteiger partial charge in [-0.3, -0.25) is 0 Å². The maximum Gasteiger partial charge on any atom is 0.0547 e. The van der Waals surface area contributed by atoms with Crippen LogP contribution in [0.15, 0.2) is 182 Å². The number of rotatable bonds is 5. The zero-order valence-corrected chi connectivity index (χ0v) is 25.2. The first-order chi connectivity index (χ1) is 22.8. The predicted octanol–water partition coefficient (Wildman–Crippen LogP) is 12.2. The van der Waals surface area contributed by atoms with Gasteiger partial charge in [0.15, 0.2) is 0 Å². The van der Waals surface area contributed by atoms with Crippen LogP contribution in [0, 0.1) is 0 Å². The SMILES string of the molecule is c1ccc(-c2ccc(N(c3ccccc3)c3ccc4ccc(-n5c6ccccc6c6cc7ccccc7cc65)cc4c3)cc2)cc1. The van der Waals surface area contributed by atoms with Crippen molar-refractivity contribution in [1.82, 2.24) is 4.57 Å². The molecule has 2 nitrogen and oxygen atoms in total. The first kappa shape index (κ1) is 26.3. The highest BCUT2D eigenvalue weighted by Gasteiger charge is 2.16. The largest absolute Gasteiger partial charge is 0.310 e. The van der Waals surface area contributed by atoms with Gasteiger partial charge in [-0.1, -0.05) is 115 Å². The molecular formula is C44H30N2. The lowest BCUT2D eigenvalue weighted by Crippen LogP contribution is -2.09. The Labute approximate surface area is 268 Å². The maximum absolute atomic E-state index is 2.42. The standard InChI is InChI=1S/C44H30N2/c1-3-11-31(12-4-1)32-19-23-38(24-20-32)45(37-15-5-2-6-16-37)39-25-21-33-22-26-40(28-36(33)27-39)46-43-18-10-9-17-41(43)42-29-34-13-7-8-14-35(34)30-44(42)46/h1-30H. The zero-order valence-electron chi connectivity index (χ0n) is 25.2. The van der Waals surface area contributed by atoms with Crippen LogP contribution in [-0.2, 0) is 0 Å². The molecule has 0 aliphatic carbocycles. The first-order valence-electron chi connectivity index (χ1n) is 15.8. The molecule has 216 valence electrons. The van der Waals surface area contributed by atoms with E-state index < -0.39 is 0 Å². The summed E-state index contributed by atoms with van der Waals surface area (Å²) in [6.45, 7) is 0. The van der Waals surface area contributed by atoms with Gasteiger partial charge in [-0.05, 0) is 99.4 Å². The Kier molecular flexibility index (Phi) is 6.17. The minimum atomic E-state index is 1.12. The molecule has 0 radical (unpaired) electrons. The normalized spacial score (nSPS) is 11.5. The van der Waals surface area contributed by atoms with Crippen LogP contribution < -0.4 is 4.90 Å². The molecule has 0 bridgehead atoms. The molecule has 2 heteroatoms. The molecule has 46 heavy (non-hydrogen) atoms. The average molecular weight is 587 g/mol. The molecule has 0 aliphatic heterocycles. The number of benzene rings is 8. The summed E-state index contributed by atoms with van der Waals surface area (Å²) in [6.07, 6.45) is 0. The van der Waals surface area contributed by atoms with Crippen molar-refractivity contribution >= 4 is 60.4 Å². The lowest BCUT2D eigenvalue weighted by Gasteiger charge is -2.26. The Morgan fingerprint density at radius 2 is 0.935 bits per heavy atom. The number of aromatic nitrogens is 1. The van der Waals surface area contributed by atoms with Crippen molar-refractivity contribution in [2.75, 3.05) is 4.90 Å². The quantitative estimate of drug-likeness (QED) is 0.195. The van der Waals surface area contributed by atoms with Gasteiger partial charge in [-0.15, -0.1) is 0 Å². The molecule has 0 saturated heterocycles. The second-order valence-corrected chi connectivity index (χ2v) is 11.9. The first-order valence-corrected chi connectivity index (χ1v) is 15.8. The van der Waals surface area contributed by atoms with E-state index in [0.717, 1.165) is 22.7 Å². The summed E-state index contributed by atoms with van der Waals surface area (Å²) in [5.41, 5.74) is 9.39. The van der Waals surface area contributed by atoms with Crippen molar-refractivity contribution < 1.29 is 0 Å². The van der Waals surface area contributed by atoms with Gasteiger partial charge in [0.1, 0.15) is 0 Å². The van der Waals surface area contributed by atoms with E-state index in [4.69, 9.17) is 0 Å². The van der Waals surface area contributed by atoms with Crippen LogP contribution in [0.1, 0.15) is 0 Å². The van der Waals surface area contributed by atoms with Crippen LogP contribution in [0.4, 0.5) is 17.1 Å². The molecule has 0 spiro atoms. The summed E-state index contributed by atoms with van der Waals surface area (Å²) < 4.78 is 2.42. The topological polar surface area (TPSA) is 8.17 Å². The monoisotopic (exact) mass is 586 g/mol. The van der Waals surface area contributed by atoms with Gasteiger partial charge in [0.2, 0.25) is 0 Å². The van der Waals surface area contributed by atoms with Crippen LogP contribution >= 0.6 is 0 Å². The fourth-order valence-electron chi connectivity index (χ4n) is 6.89. The summed E-state index contributed by atoms with van der Waals surface area (Å²) in [6, 6.07) is 65.7. The maximum atomic E-state index is 2.42. The van der Waals surface area contributed by atoms with Crippen LogP contribution in [0.5, 0.6) is 0 Å². The molecule has 0 aliphatic rings. The molecule has 1 heterocycles. The number of fused-ring (bicyclic) bond motifs is 5. The van der Waals surface area contributed by atoms with Crippen LogP contribution in [0.3, 0.4) is 0 Å². The molecule has 0 fully saturated rings. The van der Waals surface area contributed by atoms with Crippen molar-refractivity contribution in [2.24, 2.45) is 0 Å². The summed E-state index contributed by atoms with van der Waals surface area (Å²) in [5.74, 6) is 0. The Morgan fingerprint density at radius 3 is 1.74 bits per heavy atom. The molecule has 0 atom stereocenters. The number of hydrogen-bond acceptors (Lipinski definition) is 1. The molecule has 0 amide bonds. The van der Waals surface area contributed by atoms with E-state index in [1.807, 2.05) is 0 Å². The molecule has 0 N–H and O–H groups in total. The van der Waals surface area contributed by atoms with Gasteiger partial charge in [0, 0.05) is 33.5 Å². The Balaban J connectivity index is 1.20. The summed E-state index contributed by atoms with van der Waals surface area (Å²) in [7, 11) is 0. The Bertz CT molecular complexity index is 2510. The smallest absolute Gasteiger partial charge is 0.0547 e. The van der Waals surface area contributed by atoms with Crippen molar-refractivity contribution in [1.29, 1.82) is 0 Å². The minimum absolute atomic E-state index is 1.12. The van der Waals surface area contributed by atoms with Crippen LogP contribution in [0.2, 0.25) is 0 Å². The molecule has 0 unspecified atom stereocenters. The van der Waals surface area contributed by atoms with E-state index in [2.05, 4.69) is 191 Å². The second kappa shape index (κ2) is 10.8. The number of hydrogen-bond donors (Lipinski definition) is 0. The molecular weight excluding hydrogens is 556 g/mol. The van der Waals surface area contributed by atoms with Gasteiger partial charge in [-0.25, -0.2) is 0 Å². The van der Waals surface area contributed by atoms with E-state index >= 15 is 0 Å². The summed E-state index contributed by atoms with van der Waals surface area (Å²) >= 11 is 0. The van der Waals surface area contributed by atoms with Crippen molar-refractivity contribution in [2.45, 2.75) is 0 Å². The predicted molar refractivity (Wildman–Crippen MR) is 196 cm³/mol. The Hall–Kier alpha value is -6.12. The van der Waals surface area contributed by atoms with Crippen LogP contribution in [0.25, 0.3) is 60.2 Å². The molecule has 9 rings (SSSR count). The summed E-state index contributed by atoms with van der Waals surface area (Å²) in [4.78, 5) is 2.34. The Morgan fingerprint density at radius 1 is 0.326 bits per heavy atom. The fourth-order valence-corrected chi connectivity index (χ4v) is 6.89. The summed E-state index contributed by atoms with van der Waals surface area (Å²) in [5, 5.41) is 7.47. The highest BCUT2D eigenvalue weighted by molar-refractivity contribution is 6.13. The zero-order chi connectivity index (χ0) is 30.5. The number of nitrogens with zero attached hydrogens (tertiary/aromatic N) is 2. The number of anilines is 3. The number of para-hydroxylation sites is 2. The van der Waals surface area contributed by atoms with E-state index in [1.165, 1.54) is 54.5 Å². The molecule has 0 saturated carbocycles. The third-order valence-corrected chi connectivity index (χ3v) is 9.11. The van der Waals surface area contributed by atoms with Crippen LogP contribution in [-0.4, -0.2) is 4.57 Å². The van der Waals surface area contributed by atoms with E-state index in [-0.39, 0.29) is 0 Å². The highest BCUT2D eigenvalue weighted by atomic mass is 15.1. The molecule has 8 aromatic carbocycles. The van der Waals surface area contributed by atoms with Gasteiger partial charge >= 0.3 is 0 Å². The second-order valence-electron chi connectivity index (χ2n) is 11.9. The average Bonchev–Trinajstić information content (AvgIpc) is 3.44. The third-order valence-electron chi connectivity index (χ3n) is 9.11. The van der Waals surface area contributed by atoms with Gasteiger partial charge in [0.25, 0.3) is 0 Å². The fraction of sp³-hybridized carbons (Fsp3) is 0. The molecule has 9 aromatic rings. The minimum Gasteiger partial charge on any atom is -0.310 e. The van der Waals surface area contributed by atoms with Crippen molar-refractivity contribution in [3.8, 4) is 16.8 Å². The van der Waals surface area contributed by atoms with Crippen molar-refractivity contribution in [3.63, 3.8) is 0 Å². The third kappa shape index (κ3) is 4.43. The van der Waals surface area contributed by atoms with Crippen molar-refractivity contribution in [3.05, 3.63) is 182 Å². The van der Waals surface area contributed by atoms with E-state index in [0.29, 0.717) is 0 Å². The van der Waals surface area contributed by atoms with E-state index in [9.17, 15) is 0 Å². The molecule has 1 aromatic heterocycles. The lowest BCUT2D eigenvalue weighted by atomic mass is 10.0. The van der Waals surface area contributed by atoms with Gasteiger partial charge in [-0.2, -0.15) is 0 Å². The van der Waals surface area contributed by atoms with Gasteiger partial charge < -0.3 is 9.47 Å². The highest BCUT2D eigenvalue weighted by Crippen LogP contribution is 2.39. The van der Waals surface area contributed by atoms with Gasteiger partial charge in [0.05, 0.1) is 11.0 Å². The van der Waals surface area contributed by atoms with E-state index in [1.54, 1.807) is 0 Å². The lowest BCUT2D eigenvalue weighted by molar-refractivity contribution is 1.19.